The van der Waals surface area contributed by atoms with Crippen LogP contribution in [-0.2, 0) is 9.53 Å². The van der Waals surface area contributed by atoms with Crippen molar-refractivity contribution in [2.75, 3.05) is 43.4 Å². The minimum atomic E-state index is -0.603. The van der Waals surface area contributed by atoms with E-state index in [2.05, 4.69) is 4.90 Å². The highest BCUT2D eigenvalue weighted by atomic mass is 16.5. The number of nitrogens with two attached hydrogens (primary N) is 1. The Labute approximate surface area is 125 Å². The second kappa shape index (κ2) is 5.56. The van der Waals surface area contributed by atoms with Crippen LogP contribution in [0.3, 0.4) is 0 Å². The van der Waals surface area contributed by atoms with Gasteiger partial charge in [-0.1, -0.05) is 12.1 Å². The van der Waals surface area contributed by atoms with E-state index in [0.717, 1.165) is 50.4 Å². The molecule has 1 unspecified atom stereocenters. The number of nitrogens with zero attached hydrogens (tertiary/aromatic N) is 2. The largest absolute Gasteiger partial charge is 0.397 e. The lowest BCUT2D eigenvalue weighted by Crippen LogP contribution is -2.54. The molecular formula is C16H23N3O2. The van der Waals surface area contributed by atoms with E-state index in [1.165, 1.54) is 0 Å². The molecule has 2 heterocycles. The van der Waals surface area contributed by atoms with Crippen molar-refractivity contribution in [3.63, 3.8) is 0 Å². The molecule has 0 spiro atoms. The molecule has 1 amide bonds. The Bertz CT molecular complexity index is 518. The molecule has 1 atom stereocenters. The number of amides is 1. The summed E-state index contributed by atoms with van der Waals surface area (Å²) in [7, 11) is 0. The van der Waals surface area contributed by atoms with E-state index in [1.54, 1.807) is 0 Å². The number of hydrogen-bond donors (Lipinski definition) is 1. The van der Waals surface area contributed by atoms with Gasteiger partial charge in [0.25, 0.3) is 5.91 Å². The van der Waals surface area contributed by atoms with Crippen LogP contribution in [0, 0.1) is 0 Å². The number of piperazine rings is 1. The van der Waals surface area contributed by atoms with Gasteiger partial charge >= 0.3 is 0 Å². The normalized spacial score (nSPS) is 26.1. The van der Waals surface area contributed by atoms with E-state index in [4.69, 9.17) is 10.5 Å². The standard InChI is InChI=1S/C16H23N3O2/c1-16(7-4-12-21-16)15(20)19-10-8-18(9-11-19)14-6-3-2-5-13(14)17/h2-3,5-6H,4,7-12,17H2,1H3. The highest BCUT2D eigenvalue weighted by molar-refractivity contribution is 5.85. The van der Waals surface area contributed by atoms with Crippen molar-refractivity contribution in [3.05, 3.63) is 24.3 Å². The molecule has 2 N–H and O–H groups in total. The van der Waals surface area contributed by atoms with Crippen LogP contribution in [0.15, 0.2) is 24.3 Å². The second-order valence-electron chi connectivity index (χ2n) is 6.02. The smallest absolute Gasteiger partial charge is 0.254 e. The van der Waals surface area contributed by atoms with E-state index in [1.807, 2.05) is 36.1 Å². The third-order valence-corrected chi connectivity index (χ3v) is 4.52. The first-order chi connectivity index (χ1) is 10.1. The Morgan fingerprint density at radius 2 is 1.95 bits per heavy atom. The summed E-state index contributed by atoms with van der Waals surface area (Å²) in [6.07, 6.45) is 1.81. The zero-order chi connectivity index (χ0) is 14.9. The van der Waals surface area contributed by atoms with E-state index in [0.29, 0.717) is 6.61 Å². The summed E-state index contributed by atoms with van der Waals surface area (Å²) in [5.41, 5.74) is 7.28. The zero-order valence-corrected chi connectivity index (χ0v) is 12.5. The van der Waals surface area contributed by atoms with Gasteiger partial charge in [-0.2, -0.15) is 0 Å². The summed E-state index contributed by atoms with van der Waals surface area (Å²) in [5.74, 6) is 0.140. The molecule has 114 valence electrons. The zero-order valence-electron chi connectivity index (χ0n) is 12.5. The predicted octanol–water partition coefficient (Wildman–Crippen LogP) is 1.49. The van der Waals surface area contributed by atoms with Crippen molar-refractivity contribution in [1.82, 2.24) is 4.90 Å². The fourth-order valence-electron chi connectivity index (χ4n) is 3.21. The van der Waals surface area contributed by atoms with Crippen LogP contribution in [0.2, 0.25) is 0 Å². The van der Waals surface area contributed by atoms with Gasteiger partial charge < -0.3 is 20.3 Å². The summed E-state index contributed by atoms with van der Waals surface area (Å²) in [6.45, 7) is 5.71. The highest BCUT2D eigenvalue weighted by Crippen LogP contribution is 2.29. The molecule has 2 aliphatic rings. The van der Waals surface area contributed by atoms with Gasteiger partial charge in [0.2, 0.25) is 0 Å². The molecule has 21 heavy (non-hydrogen) atoms. The van der Waals surface area contributed by atoms with Crippen LogP contribution in [0.1, 0.15) is 19.8 Å². The number of benzene rings is 1. The average molecular weight is 289 g/mol. The molecule has 2 aliphatic heterocycles. The van der Waals surface area contributed by atoms with Crippen molar-refractivity contribution >= 4 is 17.3 Å². The maximum absolute atomic E-state index is 12.6. The third kappa shape index (κ3) is 2.70. The first-order valence-corrected chi connectivity index (χ1v) is 7.63. The lowest BCUT2D eigenvalue weighted by atomic mass is 10.0. The number of rotatable bonds is 2. The summed E-state index contributed by atoms with van der Waals surface area (Å²) in [4.78, 5) is 16.8. The van der Waals surface area contributed by atoms with Gasteiger partial charge in [-0.05, 0) is 31.9 Å². The summed E-state index contributed by atoms with van der Waals surface area (Å²) >= 11 is 0. The fourth-order valence-corrected chi connectivity index (χ4v) is 3.21. The number of carbonyl (C=O) groups excluding carboxylic acids is 1. The number of nitrogen functional groups attached to an aromatic ring is 1. The Kier molecular flexibility index (Phi) is 3.76. The second-order valence-corrected chi connectivity index (χ2v) is 6.02. The third-order valence-electron chi connectivity index (χ3n) is 4.52. The predicted molar refractivity (Wildman–Crippen MR) is 83.2 cm³/mol. The van der Waals surface area contributed by atoms with Crippen LogP contribution in [0.4, 0.5) is 11.4 Å². The number of ether oxygens (including phenoxy) is 1. The molecule has 1 aromatic rings. The monoisotopic (exact) mass is 289 g/mol. The van der Waals surface area contributed by atoms with Gasteiger partial charge in [-0.25, -0.2) is 0 Å². The number of carbonyl (C=O) groups is 1. The maximum Gasteiger partial charge on any atom is 0.254 e. The summed E-state index contributed by atoms with van der Waals surface area (Å²) in [6, 6.07) is 7.89. The molecule has 0 bridgehead atoms. The van der Waals surface area contributed by atoms with Crippen LogP contribution < -0.4 is 10.6 Å². The van der Waals surface area contributed by atoms with Crippen molar-refractivity contribution < 1.29 is 9.53 Å². The SMILES string of the molecule is CC1(C(=O)N2CCN(c3ccccc3N)CC2)CCCO1. The lowest BCUT2D eigenvalue weighted by Gasteiger charge is -2.39. The minimum absolute atomic E-state index is 0.140. The Morgan fingerprint density at radius 1 is 1.24 bits per heavy atom. The van der Waals surface area contributed by atoms with Gasteiger partial charge in [0.15, 0.2) is 0 Å². The van der Waals surface area contributed by atoms with Crippen molar-refractivity contribution in [2.45, 2.75) is 25.4 Å². The molecule has 2 saturated heterocycles. The fraction of sp³-hybridized carbons (Fsp3) is 0.562. The average Bonchev–Trinajstić information content (AvgIpc) is 2.95. The van der Waals surface area contributed by atoms with Gasteiger partial charge in [0, 0.05) is 32.8 Å². The topological polar surface area (TPSA) is 58.8 Å². The van der Waals surface area contributed by atoms with Crippen molar-refractivity contribution in [2.24, 2.45) is 0 Å². The van der Waals surface area contributed by atoms with Crippen LogP contribution in [0.25, 0.3) is 0 Å². The first kappa shape index (κ1) is 14.2. The van der Waals surface area contributed by atoms with E-state index >= 15 is 0 Å². The molecule has 0 saturated carbocycles. The van der Waals surface area contributed by atoms with Gasteiger partial charge in [0.05, 0.1) is 11.4 Å². The van der Waals surface area contributed by atoms with E-state index in [9.17, 15) is 4.79 Å². The molecule has 2 fully saturated rings. The van der Waals surface area contributed by atoms with Gasteiger partial charge in [0.1, 0.15) is 5.60 Å². The molecule has 1 aromatic carbocycles. The number of para-hydroxylation sites is 2. The summed E-state index contributed by atoms with van der Waals surface area (Å²) < 4.78 is 5.66. The molecule has 5 heteroatoms. The Hall–Kier alpha value is -1.75. The summed E-state index contributed by atoms with van der Waals surface area (Å²) in [5, 5.41) is 0. The Morgan fingerprint density at radius 3 is 2.57 bits per heavy atom. The van der Waals surface area contributed by atoms with Crippen LogP contribution in [-0.4, -0.2) is 49.2 Å². The number of hydrogen-bond acceptors (Lipinski definition) is 4. The van der Waals surface area contributed by atoms with Crippen molar-refractivity contribution in [1.29, 1.82) is 0 Å². The minimum Gasteiger partial charge on any atom is -0.397 e. The number of anilines is 2. The lowest BCUT2D eigenvalue weighted by molar-refractivity contribution is -0.151. The van der Waals surface area contributed by atoms with Crippen molar-refractivity contribution in [3.8, 4) is 0 Å². The van der Waals surface area contributed by atoms with Crippen LogP contribution >= 0.6 is 0 Å². The van der Waals surface area contributed by atoms with Gasteiger partial charge in [-0.3, -0.25) is 4.79 Å². The maximum atomic E-state index is 12.6. The van der Waals surface area contributed by atoms with E-state index in [-0.39, 0.29) is 5.91 Å². The quantitative estimate of drug-likeness (QED) is 0.838. The van der Waals surface area contributed by atoms with E-state index < -0.39 is 5.60 Å². The molecule has 0 aliphatic carbocycles. The van der Waals surface area contributed by atoms with Crippen LogP contribution in [0.5, 0.6) is 0 Å². The molecule has 0 aromatic heterocycles. The highest BCUT2D eigenvalue weighted by Gasteiger charge is 2.41. The van der Waals surface area contributed by atoms with Gasteiger partial charge in [-0.15, -0.1) is 0 Å². The first-order valence-electron chi connectivity index (χ1n) is 7.63. The molecule has 0 radical (unpaired) electrons. The molecular weight excluding hydrogens is 266 g/mol. The Balaban J connectivity index is 1.63. The molecule has 3 rings (SSSR count). The molecule has 5 nitrogen and oxygen atoms in total.